The van der Waals surface area contributed by atoms with Crippen molar-refractivity contribution in [2.24, 2.45) is 0 Å². The average molecular weight is 2030 g/mol. The van der Waals surface area contributed by atoms with Crippen molar-refractivity contribution in [2.45, 2.75) is 60.9 Å². The van der Waals surface area contributed by atoms with Gasteiger partial charge in [-0.25, -0.2) is 46.3 Å². The van der Waals surface area contributed by atoms with E-state index >= 15 is 0 Å². The van der Waals surface area contributed by atoms with E-state index < -0.39 is 57.3 Å². The third kappa shape index (κ3) is 23.9. The minimum absolute atomic E-state index is 0.124. The van der Waals surface area contributed by atoms with Gasteiger partial charge in [0.15, 0.2) is 0 Å². The van der Waals surface area contributed by atoms with E-state index in [2.05, 4.69) is 81.9 Å². The molecule has 0 saturated heterocycles. The molecule has 5 heterocycles. The Labute approximate surface area is 806 Å². The van der Waals surface area contributed by atoms with Gasteiger partial charge >= 0.3 is 0 Å². The largest absolute Gasteiger partial charge is 0.481 e. The molecule has 0 saturated carbocycles. The Bertz CT molecular complexity index is 6710. The Morgan fingerprint density at radius 2 is 0.679 bits per heavy atom. The van der Waals surface area contributed by atoms with Crippen molar-refractivity contribution in [2.75, 3.05) is 111 Å². The molecule has 0 aliphatic rings. The molecule has 16 rings (SSSR count). The van der Waals surface area contributed by atoms with E-state index in [1.54, 1.807) is 64.0 Å². The van der Waals surface area contributed by atoms with Crippen molar-refractivity contribution in [1.82, 2.24) is 39.5 Å². The second-order valence-corrected chi connectivity index (χ2v) is 37.7. The SMILES string of the molecule is COc1cc(-c2ccccc2)c2cc(C(O)(CCN(C)C)c3cc(F)cc(F)c3)ccc2n1.COc1nc2c(C(O)(CCN(C)C)c3cc(F)cc(F)c3)cc(Br)cc2cc1-c1ccccc1.COc1nc2c(C(O)(CCN(C)C)c3cc(F)cc(F)c3)cc(Br)cc2cc1Cc1ccccc1.COc1nc2c(C(O)(CCN(C)C)c3cccs3)cc(Br)cc2cc1Cc1ccccc1. The normalized spacial score (nSPS) is 13.3. The number of nitrogens with zero attached hydrogens (tertiary/aromatic N) is 8. The fraction of sp³-hybridized carbons (Fsp3) is 0.241. The van der Waals surface area contributed by atoms with Crippen LogP contribution in [0.5, 0.6) is 23.5 Å². The Balaban J connectivity index is 0.000000152. The van der Waals surface area contributed by atoms with Gasteiger partial charge in [-0.1, -0.05) is 181 Å². The summed E-state index contributed by atoms with van der Waals surface area (Å²) in [5.41, 5.74) is 6.72. The standard InChI is InChI=1S/C28H27BrF2N2O2.C27H25BrF2N2O2.C27H26F2N2O2.C26H27BrN2O2S/c1-33(2)10-9-28(34,21-14-23(30)17-24(31)15-21)25-16-22(29)13-19-12-20(27(35-3)32-26(19)25)11-18-7-5-4-6-8-18;1-32(2)10-9-27(33,19-13-21(29)16-22(30)14-19)24-15-20(28)11-18-12-23(17-7-5-4-6-8-17)26(34-3)31-25(18)24;1-31(2)12-11-27(32,20-13-21(28)16-22(29)14-20)19-9-10-25-24(15-19)23(17-26(30-25)33-3)18-7-5-4-6-8-18;1-29(2)12-11-26(30,23-10-7-13-32-23)22-17-21(27)16-19-15-20(25(31-3)28-24(19)22)14-18-8-5-4-6-9-18/h4-8,12-17,34H,9-11H2,1-3H3;4-8,11-16,33H,9-10H2,1-3H3;4-10,13-17,32H,11-12H2,1-3H3;4-10,13,15-17,30H,11-12,14H2,1-3H3. The predicted molar refractivity (Wildman–Crippen MR) is 534 cm³/mol. The lowest BCUT2D eigenvalue weighted by molar-refractivity contribution is 0.0623. The summed E-state index contributed by atoms with van der Waals surface area (Å²) in [7, 11) is 21.6. The van der Waals surface area contributed by atoms with Crippen molar-refractivity contribution >= 4 is 103 Å². The van der Waals surface area contributed by atoms with Gasteiger partial charge in [0.2, 0.25) is 23.5 Å². The minimum Gasteiger partial charge on any atom is -0.481 e. The first-order valence-electron chi connectivity index (χ1n) is 43.3. The van der Waals surface area contributed by atoms with Crippen molar-refractivity contribution in [3.8, 4) is 45.8 Å². The zero-order chi connectivity index (χ0) is 95.9. The van der Waals surface area contributed by atoms with Crippen LogP contribution in [0.15, 0.2) is 286 Å². The van der Waals surface area contributed by atoms with Gasteiger partial charge in [-0.3, -0.25) is 0 Å². The van der Waals surface area contributed by atoms with Gasteiger partial charge in [-0.15, -0.1) is 11.3 Å². The lowest BCUT2D eigenvalue weighted by atomic mass is 9.82. The first-order valence-corrected chi connectivity index (χ1v) is 46.5. The third-order valence-electron chi connectivity index (χ3n) is 23.4. The van der Waals surface area contributed by atoms with E-state index in [0.29, 0.717) is 93.7 Å². The number of benzene rings is 11. The molecule has 0 spiro atoms. The van der Waals surface area contributed by atoms with Crippen LogP contribution in [-0.2, 0) is 35.2 Å². The third-order valence-corrected chi connectivity index (χ3v) is 25.8. The molecule has 16 nitrogen and oxygen atoms in total. The quantitative estimate of drug-likeness (QED) is 0.0312. The molecular weight excluding hydrogens is 1920 g/mol. The molecule has 26 heteroatoms. The molecule has 694 valence electrons. The lowest BCUT2D eigenvalue weighted by Crippen LogP contribution is -2.32. The number of methoxy groups -OCH3 is 4. The van der Waals surface area contributed by atoms with Gasteiger partial charge in [-0.05, 0) is 247 Å². The Morgan fingerprint density at radius 3 is 1.05 bits per heavy atom. The van der Waals surface area contributed by atoms with E-state index in [1.165, 1.54) is 42.0 Å². The van der Waals surface area contributed by atoms with E-state index in [1.807, 2.05) is 240 Å². The summed E-state index contributed by atoms with van der Waals surface area (Å²) in [5, 5.41) is 53.4. The first kappa shape index (κ1) is 100. The van der Waals surface area contributed by atoms with Crippen LogP contribution in [0.25, 0.3) is 65.9 Å². The highest BCUT2D eigenvalue weighted by atomic mass is 79.9. The number of hydrogen-bond acceptors (Lipinski definition) is 17. The van der Waals surface area contributed by atoms with Crippen molar-refractivity contribution in [3.05, 3.63) is 387 Å². The van der Waals surface area contributed by atoms with Crippen molar-refractivity contribution in [1.29, 1.82) is 0 Å². The highest BCUT2D eigenvalue weighted by molar-refractivity contribution is 9.11. The maximum absolute atomic E-state index is 14.2. The van der Waals surface area contributed by atoms with Crippen LogP contribution in [-0.4, -0.2) is 171 Å². The smallest absolute Gasteiger partial charge is 0.221 e. The number of thiophene rings is 1. The molecular formula is C108H105Br3F6N8O8S. The summed E-state index contributed by atoms with van der Waals surface area (Å²) in [4.78, 5) is 27.8. The number of fused-ring (bicyclic) bond motifs is 4. The number of ether oxygens (including phenoxy) is 4. The molecule has 4 N–H and O–H groups in total. The van der Waals surface area contributed by atoms with Crippen molar-refractivity contribution in [3.63, 3.8) is 0 Å². The molecule has 0 aliphatic heterocycles. The number of hydrogen-bond donors (Lipinski definition) is 4. The summed E-state index contributed by atoms with van der Waals surface area (Å²) < 4.78 is 110. The van der Waals surface area contributed by atoms with Crippen LogP contribution in [0.4, 0.5) is 26.3 Å². The summed E-state index contributed by atoms with van der Waals surface area (Å²) in [6, 6.07) is 77.9. The topological polar surface area (TPSA) is 182 Å². The zero-order valence-electron chi connectivity index (χ0n) is 76.4. The summed E-state index contributed by atoms with van der Waals surface area (Å²) in [6.07, 6.45) is 2.54. The van der Waals surface area contributed by atoms with Gasteiger partial charge in [-0.2, -0.15) is 0 Å². The van der Waals surface area contributed by atoms with Crippen LogP contribution in [0.2, 0.25) is 0 Å². The molecule has 4 atom stereocenters. The number of halogens is 9. The Hall–Kier alpha value is -11.3. The van der Waals surface area contributed by atoms with E-state index in [-0.39, 0.29) is 36.0 Å². The second kappa shape index (κ2) is 44.4. The molecule has 0 bridgehead atoms. The van der Waals surface area contributed by atoms with Crippen LogP contribution in [0.1, 0.15) is 91.8 Å². The highest BCUT2D eigenvalue weighted by Gasteiger charge is 2.40. The van der Waals surface area contributed by atoms with Crippen LogP contribution >= 0.6 is 59.1 Å². The van der Waals surface area contributed by atoms with E-state index in [9.17, 15) is 46.8 Å². The zero-order valence-corrected chi connectivity index (χ0v) is 81.9. The fourth-order valence-electron chi connectivity index (χ4n) is 16.5. The monoisotopic (exact) mass is 2020 g/mol. The highest BCUT2D eigenvalue weighted by Crippen LogP contribution is 2.47. The molecule has 5 aromatic heterocycles. The van der Waals surface area contributed by atoms with Crippen molar-refractivity contribution < 1.29 is 65.7 Å². The number of aromatic nitrogens is 4. The second-order valence-electron chi connectivity index (χ2n) is 34.0. The lowest BCUT2D eigenvalue weighted by Gasteiger charge is -2.32. The fourth-order valence-corrected chi connectivity index (χ4v) is 18.8. The van der Waals surface area contributed by atoms with Gasteiger partial charge < -0.3 is 59.0 Å². The van der Waals surface area contributed by atoms with Gasteiger partial charge in [0.25, 0.3) is 0 Å². The molecule has 4 unspecified atom stereocenters. The average Bonchev–Trinajstić information content (AvgIpc) is 0.921. The van der Waals surface area contributed by atoms with Gasteiger partial charge in [0.05, 0.1) is 50.5 Å². The van der Waals surface area contributed by atoms with Crippen LogP contribution in [0.3, 0.4) is 0 Å². The van der Waals surface area contributed by atoms with E-state index in [0.717, 1.165) is 117 Å². The number of rotatable bonds is 30. The first-order chi connectivity index (χ1) is 64.1. The summed E-state index contributed by atoms with van der Waals surface area (Å²) in [5.74, 6) is -2.58. The maximum atomic E-state index is 14.2. The molecule has 0 radical (unpaired) electrons. The van der Waals surface area contributed by atoms with Gasteiger partial charge in [0, 0.05) is 137 Å². The predicted octanol–water partition coefficient (Wildman–Crippen LogP) is 23.4. The molecule has 0 aliphatic carbocycles. The minimum atomic E-state index is -1.71. The van der Waals surface area contributed by atoms with Crippen LogP contribution in [0, 0.1) is 34.9 Å². The Morgan fingerprint density at radius 1 is 0.328 bits per heavy atom. The van der Waals surface area contributed by atoms with Gasteiger partial charge in [0.1, 0.15) is 57.3 Å². The molecule has 0 amide bonds. The summed E-state index contributed by atoms with van der Waals surface area (Å²) >= 11 is 12.3. The molecule has 11 aromatic carbocycles. The maximum Gasteiger partial charge on any atom is 0.221 e. The molecule has 0 fully saturated rings. The molecule has 134 heavy (non-hydrogen) atoms. The Kier molecular flexibility index (Phi) is 33.2. The number of pyridine rings is 4. The summed E-state index contributed by atoms with van der Waals surface area (Å²) in [6.45, 7) is 2.21. The molecule has 16 aromatic rings. The number of aliphatic hydroxyl groups is 4. The van der Waals surface area contributed by atoms with Crippen LogP contribution < -0.4 is 18.9 Å². The van der Waals surface area contributed by atoms with E-state index in [4.69, 9.17) is 33.9 Å².